The summed E-state index contributed by atoms with van der Waals surface area (Å²) in [7, 11) is 1.55. The predicted molar refractivity (Wildman–Crippen MR) is 85.9 cm³/mol. The van der Waals surface area contributed by atoms with Crippen LogP contribution in [0.3, 0.4) is 0 Å². The Morgan fingerprint density at radius 3 is 2.43 bits per heavy atom. The van der Waals surface area contributed by atoms with Crippen LogP contribution in [0.5, 0.6) is 5.75 Å². The van der Waals surface area contributed by atoms with Crippen molar-refractivity contribution in [1.29, 1.82) is 0 Å². The zero-order valence-electron chi connectivity index (χ0n) is 13.0. The molecule has 0 heterocycles. The van der Waals surface area contributed by atoms with Gasteiger partial charge >= 0.3 is 5.97 Å². The molecule has 0 atom stereocenters. The smallest absolute Gasteiger partial charge is 0.325 e. The number of benzene rings is 2. The number of amides is 1. The van der Waals surface area contributed by atoms with E-state index in [0.717, 1.165) is 11.1 Å². The lowest BCUT2D eigenvalue weighted by molar-refractivity contribution is -0.145. The Morgan fingerprint density at radius 2 is 1.70 bits per heavy atom. The zero-order chi connectivity index (χ0) is 16.5. The predicted octanol–water partition coefficient (Wildman–Crippen LogP) is 2.10. The summed E-state index contributed by atoms with van der Waals surface area (Å²) in [6.45, 7) is 0.0445. The highest BCUT2D eigenvalue weighted by atomic mass is 16.5. The Balaban J connectivity index is 1.74. The fraction of sp³-hybridized carbons (Fsp3) is 0.222. The van der Waals surface area contributed by atoms with E-state index < -0.39 is 5.97 Å². The van der Waals surface area contributed by atoms with Crippen molar-refractivity contribution in [3.05, 3.63) is 65.7 Å². The molecule has 5 nitrogen and oxygen atoms in total. The van der Waals surface area contributed by atoms with Crippen LogP contribution in [0, 0.1) is 0 Å². The largest absolute Gasteiger partial charge is 0.496 e. The Bertz CT molecular complexity index is 655. The highest BCUT2D eigenvalue weighted by Gasteiger charge is 2.10. The Morgan fingerprint density at radius 1 is 1.00 bits per heavy atom. The standard InChI is InChI=1S/C18H19NO4/c1-22-16-10-6-5-9-15(16)11-17(20)19-12-18(21)23-13-14-7-3-2-4-8-14/h2-10H,11-13H2,1H3,(H,19,20). The third-order valence-electron chi connectivity index (χ3n) is 3.22. The van der Waals surface area contributed by atoms with Gasteiger partial charge in [-0.2, -0.15) is 0 Å². The van der Waals surface area contributed by atoms with Gasteiger partial charge in [0.2, 0.25) is 5.91 Å². The molecule has 2 rings (SSSR count). The van der Waals surface area contributed by atoms with Gasteiger partial charge < -0.3 is 14.8 Å². The van der Waals surface area contributed by atoms with Crippen LogP contribution >= 0.6 is 0 Å². The van der Waals surface area contributed by atoms with Gasteiger partial charge in [-0.25, -0.2) is 0 Å². The Labute approximate surface area is 135 Å². The number of carbonyl (C=O) groups excluding carboxylic acids is 2. The van der Waals surface area contributed by atoms with Gasteiger partial charge in [-0.3, -0.25) is 9.59 Å². The molecule has 0 spiro atoms. The molecule has 0 saturated heterocycles. The summed E-state index contributed by atoms with van der Waals surface area (Å²) in [6.07, 6.45) is 0.149. The molecule has 0 aromatic heterocycles. The van der Waals surface area contributed by atoms with Gasteiger partial charge in [0.15, 0.2) is 0 Å². The van der Waals surface area contributed by atoms with Crippen LogP contribution in [-0.2, 0) is 27.4 Å². The van der Waals surface area contributed by atoms with Crippen LogP contribution in [0.1, 0.15) is 11.1 Å². The van der Waals surface area contributed by atoms with Crippen molar-refractivity contribution in [3.63, 3.8) is 0 Å². The highest BCUT2D eigenvalue weighted by molar-refractivity contribution is 5.83. The number of hydrogen-bond acceptors (Lipinski definition) is 4. The summed E-state index contributed by atoms with van der Waals surface area (Å²) in [5.74, 6) is -0.0808. The van der Waals surface area contributed by atoms with Crippen molar-refractivity contribution < 1.29 is 19.1 Å². The Kier molecular flexibility index (Phi) is 6.17. The Hall–Kier alpha value is -2.82. The van der Waals surface area contributed by atoms with Crippen molar-refractivity contribution in [2.24, 2.45) is 0 Å². The molecule has 1 N–H and O–H groups in total. The molecule has 120 valence electrons. The number of carbonyl (C=O) groups is 2. The minimum Gasteiger partial charge on any atom is -0.496 e. The summed E-state index contributed by atoms with van der Waals surface area (Å²) in [5, 5.41) is 2.55. The molecule has 0 radical (unpaired) electrons. The lowest BCUT2D eigenvalue weighted by Crippen LogP contribution is -2.31. The van der Waals surface area contributed by atoms with Crippen molar-refractivity contribution in [2.75, 3.05) is 13.7 Å². The molecule has 23 heavy (non-hydrogen) atoms. The molecule has 1 amide bonds. The molecule has 0 aliphatic heterocycles. The average Bonchev–Trinajstić information content (AvgIpc) is 2.59. The molecule has 0 aliphatic rings. The summed E-state index contributed by atoms with van der Waals surface area (Å²) >= 11 is 0. The van der Waals surface area contributed by atoms with Crippen LogP contribution in [0.25, 0.3) is 0 Å². The maximum atomic E-state index is 11.9. The maximum absolute atomic E-state index is 11.9. The number of nitrogens with one attached hydrogen (secondary N) is 1. The quantitative estimate of drug-likeness (QED) is 0.795. The molecule has 0 unspecified atom stereocenters. The van der Waals surface area contributed by atoms with Crippen molar-refractivity contribution in [1.82, 2.24) is 5.32 Å². The topological polar surface area (TPSA) is 64.6 Å². The minimum absolute atomic E-state index is 0.149. The number of methoxy groups -OCH3 is 1. The van der Waals surface area contributed by atoms with Gasteiger partial charge in [0.25, 0.3) is 0 Å². The van der Waals surface area contributed by atoms with Gasteiger partial charge in [0.1, 0.15) is 18.9 Å². The van der Waals surface area contributed by atoms with E-state index in [-0.39, 0.29) is 25.5 Å². The third kappa shape index (κ3) is 5.47. The summed E-state index contributed by atoms with van der Waals surface area (Å²) in [5.41, 5.74) is 1.67. The molecular weight excluding hydrogens is 294 g/mol. The monoisotopic (exact) mass is 313 g/mol. The van der Waals surface area contributed by atoms with E-state index in [4.69, 9.17) is 9.47 Å². The van der Waals surface area contributed by atoms with E-state index in [9.17, 15) is 9.59 Å². The molecule has 5 heteroatoms. The van der Waals surface area contributed by atoms with Crippen molar-refractivity contribution >= 4 is 11.9 Å². The molecule has 0 fully saturated rings. The summed E-state index contributed by atoms with van der Waals surface area (Å²) in [6, 6.07) is 16.6. The number of rotatable bonds is 7. The summed E-state index contributed by atoms with van der Waals surface area (Å²) < 4.78 is 10.3. The molecule has 2 aromatic rings. The fourth-order valence-electron chi connectivity index (χ4n) is 2.04. The first kappa shape index (κ1) is 16.5. The van der Waals surface area contributed by atoms with Crippen molar-refractivity contribution in [2.45, 2.75) is 13.0 Å². The lowest BCUT2D eigenvalue weighted by Gasteiger charge is -2.09. The first-order chi connectivity index (χ1) is 11.2. The first-order valence-electron chi connectivity index (χ1n) is 7.27. The maximum Gasteiger partial charge on any atom is 0.325 e. The van der Waals surface area contributed by atoms with Gasteiger partial charge in [-0.1, -0.05) is 48.5 Å². The average molecular weight is 313 g/mol. The van der Waals surface area contributed by atoms with Crippen molar-refractivity contribution in [3.8, 4) is 5.75 Å². The van der Waals surface area contributed by atoms with E-state index in [1.165, 1.54) is 0 Å². The molecule has 0 bridgehead atoms. The SMILES string of the molecule is COc1ccccc1CC(=O)NCC(=O)OCc1ccccc1. The zero-order valence-corrected chi connectivity index (χ0v) is 13.0. The van der Waals surface area contributed by atoms with Crippen LogP contribution in [0.15, 0.2) is 54.6 Å². The normalized spacial score (nSPS) is 9.96. The molecule has 0 aliphatic carbocycles. The van der Waals surface area contributed by atoms with Crippen LogP contribution in [-0.4, -0.2) is 25.5 Å². The molecule has 0 saturated carbocycles. The van der Waals surface area contributed by atoms with E-state index >= 15 is 0 Å². The van der Waals surface area contributed by atoms with Crippen LogP contribution in [0.4, 0.5) is 0 Å². The van der Waals surface area contributed by atoms with E-state index in [1.807, 2.05) is 48.5 Å². The second-order valence-corrected chi connectivity index (χ2v) is 4.91. The first-order valence-corrected chi connectivity index (χ1v) is 7.27. The molecular formula is C18H19NO4. The van der Waals surface area contributed by atoms with Gasteiger partial charge in [-0.15, -0.1) is 0 Å². The number of ether oxygens (including phenoxy) is 2. The van der Waals surface area contributed by atoms with E-state index in [0.29, 0.717) is 5.75 Å². The lowest BCUT2D eigenvalue weighted by atomic mass is 10.1. The van der Waals surface area contributed by atoms with E-state index in [2.05, 4.69) is 5.32 Å². The van der Waals surface area contributed by atoms with Gasteiger partial charge in [0, 0.05) is 5.56 Å². The second kappa shape index (κ2) is 8.58. The van der Waals surface area contributed by atoms with Gasteiger partial charge in [-0.05, 0) is 11.6 Å². The van der Waals surface area contributed by atoms with Gasteiger partial charge in [0.05, 0.1) is 13.5 Å². The minimum atomic E-state index is -0.470. The fourth-order valence-corrected chi connectivity index (χ4v) is 2.04. The highest BCUT2D eigenvalue weighted by Crippen LogP contribution is 2.17. The summed E-state index contributed by atoms with van der Waals surface area (Å²) in [4.78, 5) is 23.5. The number of para-hydroxylation sites is 1. The second-order valence-electron chi connectivity index (χ2n) is 4.91. The number of esters is 1. The molecule has 2 aromatic carbocycles. The third-order valence-corrected chi connectivity index (χ3v) is 3.22. The number of hydrogen-bond donors (Lipinski definition) is 1. The van der Waals surface area contributed by atoms with E-state index in [1.54, 1.807) is 13.2 Å². The van der Waals surface area contributed by atoms with Crippen LogP contribution < -0.4 is 10.1 Å². The van der Waals surface area contributed by atoms with Crippen LogP contribution in [0.2, 0.25) is 0 Å².